The fraction of sp³-hybridized carbons (Fsp3) is 0.364. The summed E-state index contributed by atoms with van der Waals surface area (Å²) in [5.74, 6) is 0.630. The molecule has 0 spiro atoms. The fourth-order valence-electron chi connectivity index (χ4n) is 1.87. The Hall–Kier alpha value is -1.07. The van der Waals surface area contributed by atoms with E-state index in [1.807, 2.05) is 6.92 Å². The smallest absolute Gasteiger partial charge is 0.154 e. The molecule has 3 nitrogen and oxygen atoms in total. The zero-order chi connectivity index (χ0) is 11.8. The van der Waals surface area contributed by atoms with Crippen LogP contribution in [0.15, 0.2) is 23.2 Å². The summed E-state index contributed by atoms with van der Waals surface area (Å²) in [5.41, 5.74) is 10.4. The standard InChI is InChI=1S/C11H14FN3S/c1-11(4-5-16-10(14)15-11)8-6-7(13)2-3-9(8)12/h2-3,6H,4-5,13H2,1H3,(H2,14,15)/p+1. The molecule has 1 unspecified atom stereocenters. The summed E-state index contributed by atoms with van der Waals surface area (Å²) in [5, 5.41) is 0.530. The number of nitrogens with zero attached hydrogens (tertiary/aromatic N) is 1. The van der Waals surface area contributed by atoms with Crippen molar-refractivity contribution in [2.45, 2.75) is 18.9 Å². The molecule has 0 saturated heterocycles. The molecule has 5 N–H and O–H groups in total. The van der Waals surface area contributed by atoms with E-state index in [9.17, 15) is 4.39 Å². The van der Waals surface area contributed by atoms with E-state index in [4.69, 9.17) is 5.73 Å². The Kier molecular flexibility index (Phi) is 2.90. The number of hydrogen-bond donors (Lipinski definition) is 2. The average molecular weight is 240 g/mol. The van der Waals surface area contributed by atoms with E-state index in [1.54, 1.807) is 12.1 Å². The molecule has 1 aromatic rings. The van der Waals surface area contributed by atoms with Crippen molar-refractivity contribution < 1.29 is 10.1 Å². The van der Waals surface area contributed by atoms with Crippen LogP contribution in [0.1, 0.15) is 18.9 Å². The highest BCUT2D eigenvalue weighted by molar-refractivity contribution is 8.13. The number of benzene rings is 1. The molecule has 0 aliphatic carbocycles. The van der Waals surface area contributed by atoms with E-state index >= 15 is 0 Å². The SMILES string of the molecule is CC1(c2cc([NH3+])ccc2F)CCSC(N)=N1. The van der Waals surface area contributed by atoms with Crippen LogP contribution in [0.4, 0.5) is 10.1 Å². The summed E-state index contributed by atoms with van der Waals surface area (Å²) >= 11 is 1.51. The molecule has 0 fully saturated rings. The lowest BCUT2D eigenvalue weighted by molar-refractivity contribution is -0.254. The first-order valence-corrected chi connectivity index (χ1v) is 6.10. The number of amidine groups is 1. The molecule has 1 aliphatic rings. The Bertz CT molecular complexity index is 447. The summed E-state index contributed by atoms with van der Waals surface area (Å²) in [6.45, 7) is 1.91. The number of hydrogen-bond acceptors (Lipinski definition) is 3. The Morgan fingerprint density at radius 2 is 2.31 bits per heavy atom. The number of rotatable bonds is 1. The van der Waals surface area contributed by atoms with Gasteiger partial charge in [0.25, 0.3) is 0 Å². The number of aliphatic imine (C=N–C) groups is 1. The molecule has 0 saturated carbocycles. The topological polar surface area (TPSA) is 66.0 Å². The van der Waals surface area contributed by atoms with Crippen molar-refractivity contribution in [1.82, 2.24) is 0 Å². The second kappa shape index (κ2) is 4.07. The van der Waals surface area contributed by atoms with Gasteiger partial charge in [0.2, 0.25) is 0 Å². The van der Waals surface area contributed by atoms with Gasteiger partial charge in [-0.15, -0.1) is 0 Å². The first-order chi connectivity index (χ1) is 7.51. The van der Waals surface area contributed by atoms with Gasteiger partial charge in [0.05, 0.1) is 5.54 Å². The minimum absolute atomic E-state index is 0.238. The van der Waals surface area contributed by atoms with E-state index in [1.165, 1.54) is 17.8 Å². The van der Waals surface area contributed by atoms with Gasteiger partial charge in [0.1, 0.15) is 11.5 Å². The molecule has 1 heterocycles. The van der Waals surface area contributed by atoms with Crippen LogP contribution in [0.25, 0.3) is 0 Å². The first kappa shape index (κ1) is 11.4. The zero-order valence-corrected chi connectivity index (χ0v) is 9.98. The van der Waals surface area contributed by atoms with Gasteiger partial charge >= 0.3 is 0 Å². The number of halogens is 1. The number of nitrogens with two attached hydrogens (primary N) is 1. The minimum atomic E-state index is -0.548. The van der Waals surface area contributed by atoms with Gasteiger partial charge in [-0.1, -0.05) is 11.8 Å². The van der Waals surface area contributed by atoms with Crippen LogP contribution in [0, 0.1) is 5.82 Å². The van der Waals surface area contributed by atoms with Crippen LogP contribution in [-0.4, -0.2) is 10.9 Å². The maximum absolute atomic E-state index is 13.8. The predicted molar refractivity (Wildman–Crippen MR) is 65.0 cm³/mol. The number of thioether (sulfide) groups is 1. The van der Waals surface area contributed by atoms with Gasteiger partial charge in [-0.2, -0.15) is 0 Å². The number of quaternary nitrogens is 1. The van der Waals surface area contributed by atoms with Gasteiger partial charge in [-0.05, 0) is 19.4 Å². The third-order valence-corrected chi connectivity index (χ3v) is 3.60. The molecule has 86 valence electrons. The van der Waals surface area contributed by atoms with Crippen LogP contribution in [-0.2, 0) is 5.54 Å². The van der Waals surface area contributed by atoms with E-state index in [2.05, 4.69) is 10.7 Å². The first-order valence-electron chi connectivity index (χ1n) is 5.11. The van der Waals surface area contributed by atoms with Gasteiger partial charge < -0.3 is 11.5 Å². The maximum atomic E-state index is 13.8. The van der Waals surface area contributed by atoms with Crippen molar-refractivity contribution in [3.63, 3.8) is 0 Å². The molecular formula is C11H15FN3S+. The average Bonchev–Trinajstić information content (AvgIpc) is 2.21. The van der Waals surface area contributed by atoms with Gasteiger partial charge in [-0.3, -0.25) is 4.99 Å². The fourth-order valence-corrected chi connectivity index (χ4v) is 2.84. The largest absolute Gasteiger partial charge is 0.379 e. The van der Waals surface area contributed by atoms with Crippen LogP contribution in [0.2, 0.25) is 0 Å². The van der Waals surface area contributed by atoms with Crippen molar-refractivity contribution in [2.24, 2.45) is 10.7 Å². The lowest BCUT2D eigenvalue weighted by atomic mass is 9.89. The van der Waals surface area contributed by atoms with Crippen molar-refractivity contribution >= 4 is 22.6 Å². The Labute approximate surface area is 98.1 Å². The van der Waals surface area contributed by atoms with Gasteiger partial charge in [0, 0.05) is 23.4 Å². The van der Waals surface area contributed by atoms with Crippen molar-refractivity contribution in [2.75, 3.05) is 5.75 Å². The quantitative estimate of drug-likeness (QED) is 0.778. The van der Waals surface area contributed by atoms with Crippen LogP contribution in [0.3, 0.4) is 0 Å². The molecule has 0 bridgehead atoms. The van der Waals surface area contributed by atoms with Crippen LogP contribution in [0.5, 0.6) is 0 Å². The molecule has 16 heavy (non-hydrogen) atoms. The Morgan fingerprint density at radius 3 is 3.00 bits per heavy atom. The third kappa shape index (κ3) is 2.05. The lowest BCUT2D eigenvalue weighted by Crippen LogP contribution is -2.41. The van der Waals surface area contributed by atoms with Gasteiger partial charge in [-0.25, -0.2) is 4.39 Å². The van der Waals surface area contributed by atoms with E-state index in [0.717, 1.165) is 17.9 Å². The molecular weight excluding hydrogens is 225 g/mol. The van der Waals surface area contributed by atoms with Gasteiger partial charge in [0.15, 0.2) is 5.17 Å². The minimum Gasteiger partial charge on any atom is -0.379 e. The second-order valence-electron chi connectivity index (χ2n) is 4.14. The summed E-state index contributed by atoms with van der Waals surface area (Å²) < 4.78 is 13.8. The summed E-state index contributed by atoms with van der Waals surface area (Å²) in [6.07, 6.45) is 0.790. The molecule has 1 aromatic carbocycles. The van der Waals surface area contributed by atoms with Crippen molar-refractivity contribution in [1.29, 1.82) is 0 Å². The summed E-state index contributed by atoms with van der Waals surface area (Å²) in [6, 6.07) is 4.85. The highest BCUT2D eigenvalue weighted by Gasteiger charge is 2.32. The van der Waals surface area contributed by atoms with Crippen molar-refractivity contribution in [3.05, 3.63) is 29.6 Å². The molecule has 2 rings (SSSR count). The molecule has 0 radical (unpaired) electrons. The maximum Gasteiger partial charge on any atom is 0.154 e. The predicted octanol–water partition coefficient (Wildman–Crippen LogP) is 1.37. The Balaban J connectivity index is 2.50. The van der Waals surface area contributed by atoms with Crippen LogP contribution < -0.4 is 11.5 Å². The highest BCUT2D eigenvalue weighted by Crippen LogP contribution is 2.36. The lowest BCUT2D eigenvalue weighted by Gasteiger charge is -2.29. The van der Waals surface area contributed by atoms with Crippen LogP contribution >= 0.6 is 11.8 Å². The summed E-state index contributed by atoms with van der Waals surface area (Å²) in [7, 11) is 0. The van der Waals surface area contributed by atoms with E-state index in [-0.39, 0.29) is 5.82 Å². The van der Waals surface area contributed by atoms with Crippen molar-refractivity contribution in [3.8, 4) is 0 Å². The monoisotopic (exact) mass is 240 g/mol. The normalized spacial score (nSPS) is 25.3. The third-order valence-electron chi connectivity index (χ3n) is 2.81. The molecule has 5 heteroatoms. The summed E-state index contributed by atoms with van der Waals surface area (Å²) in [4.78, 5) is 4.38. The van der Waals surface area contributed by atoms with E-state index < -0.39 is 5.54 Å². The second-order valence-corrected chi connectivity index (χ2v) is 5.25. The molecule has 1 aliphatic heterocycles. The highest BCUT2D eigenvalue weighted by atomic mass is 32.2. The van der Waals surface area contributed by atoms with E-state index in [0.29, 0.717) is 10.7 Å². The zero-order valence-electron chi connectivity index (χ0n) is 9.16. The molecule has 1 atom stereocenters. The molecule has 0 amide bonds. The Morgan fingerprint density at radius 1 is 1.56 bits per heavy atom. The molecule has 0 aromatic heterocycles.